The van der Waals surface area contributed by atoms with Crippen LogP contribution in [0.4, 0.5) is 10.2 Å². The number of nitrogens with one attached hydrogen (secondary N) is 1. The van der Waals surface area contributed by atoms with Gasteiger partial charge in [-0.25, -0.2) is 14.4 Å². The quantitative estimate of drug-likeness (QED) is 0.412. The van der Waals surface area contributed by atoms with Crippen LogP contribution in [0.5, 0.6) is 5.75 Å². The van der Waals surface area contributed by atoms with Crippen molar-refractivity contribution in [3.8, 4) is 17.0 Å². The van der Waals surface area contributed by atoms with Crippen molar-refractivity contribution in [3.05, 3.63) is 90.8 Å². The van der Waals surface area contributed by atoms with Crippen LogP contribution in [0.1, 0.15) is 28.3 Å². The standard InChI is InChI=1S/C27H24FN5O3/c1-3-26(34)32-11-8-18(15-32)21-14-24(33-16-29-9-7-23(21)33)20-5-4-17(12-22(20)28)27(35)31-25-13-19(36-2)6-10-30-25/h3-7,9-10,12-14,16,18H,1,8,11,15H2,2H3,(H,30,31,35). The Morgan fingerprint density at radius 1 is 1.19 bits per heavy atom. The largest absolute Gasteiger partial charge is 0.497 e. The predicted molar refractivity (Wildman–Crippen MR) is 133 cm³/mol. The average molecular weight is 486 g/mol. The van der Waals surface area contributed by atoms with E-state index in [2.05, 4.69) is 21.9 Å². The molecule has 1 atom stereocenters. The number of hydrogen-bond donors (Lipinski definition) is 1. The minimum Gasteiger partial charge on any atom is -0.497 e. The van der Waals surface area contributed by atoms with Gasteiger partial charge < -0.3 is 15.0 Å². The minimum atomic E-state index is -0.536. The SMILES string of the molecule is C=CC(=O)N1CCC(c2cc(-c3ccc(C(=O)Nc4cc(OC)ccn4)cc3F)n3cnccc23)C1. The molecule has 182 valence electrons. The molecule has 4 heterocycles. The van der Waals surface area contributed by atoms with Crippen molar-refractivity contribution in [2.24, 2.45) is 0 Å². The van der Waals surface area contributed by atoms with Gasteiger partial charge in [-0.2, -0.15) is 0 Å². The maximum absolute atomic E-state index is 15.4. The Bertz CT molecular complexity index is 1480. The van der Waals surface area contributed by atoms with Crippen molar-refractivity contribution >= 4 is 23.1 Å². The zero-order valence-electron chi connectivity index (χ0n) is 19.6. The molecule has 3 aromatic heterocycles. The summed E-state index contributed by atoms with van der Waals surface area (Å²) in [6, 6.07) is 11.4. The normalized spacial score (nSPS) is 15.2. The van der Waals surface area contributed by atoms with Gasteiger partial charge in [0.2, 0.25) is 5.91 Å². The van der Waals surface area contributed by atoms with Gasteiger partial charge in [-0.05, 0) is 54.5 Å². The number of aromatic nitrogens is 3. The van der Waals surface area contributed by atoms with Crippen LogP contribution in [-0.4, -0.2) is 51.3 Å². The number of pyridine rings is 1. The number of halogens is 1. The third kappa shape index (κ3) is 4.31. The Kier molecular flexibility index (Phi) is 6.20. The second kappa shape index (κ2) is 9.61. The summed E-state index contributed by atoms with van der Waals surface area (Å²) in [5.74, 6) is -0.147. The van der Waals surface area contributed by atoms with Crippen LogP contribution in [0, 0.1) is 5.82 Å². The average Bonchev–Trinajstić information content (AvgIpc) is 3.54. The number of rotatable bonds is 6. The summed E-state index contributed by atoms with van der Waals surface area (Å²) < 4.78 is 22.3. The number of nitrogens with zero attached hydrogens (tertiary/aromatic N) is 4. The number of ether oxygens (including phenoxy) is 1. The number of amides is 2. The Labute approximate surface area is 207 Å². The first-order valence-electron chi connectivity index (χ1n) is 11.5. The maximum atomic E-state index is 15.4. The van der Waals surface area contributed by atoms with E-state index in [0.29, 0.717) is 35.9 Å². The molecule has 1 saturated heterocycles. The molecule has 0 radical (unpaired) electrons. The van der Waals surface area contributed by atoms with Crippen LogP contribution in [0.25, 0.3) is 16.8 Å². The van der Waals surface area contributed by atoms with Crippen molar-refractivity contribution in [2.45, 2.75) is 12.3 Å². The number of carbonyl (C=O) groups excluding carboxylic acids is 2. The van der Waals surface area contributed by atoms with Crippen molar-refractivity contribution in [1.82, 2.24) is 19.3 Å². The molecule has 4 aromatic rings. The number of likely N-dealkylation sites (tertiary alicyclic amines) is 1. The molecule has 1 aliphatic heterocycles. The summed E-state index contributed by atoms with van der Waals surface area (Å²) >= 11 is 0. The maximum Gasteiger partial charge on any atom is 0.256 e. The molecule has 0 aliphatic carbocycles. The summed E-state index contributed by atoms with van der Waals surface area (Å²) in [6.07, 6.45) is 6.98. The fourth-order valence-electron chi connectivity index (χ4n) is 4.62. The molecule has 0 bridgehead atoms. The molecule has 0 saturated carbocycles. The Balaban J connectivity index is 1.45. The van der Waals surface area contributed by atoms with Gasteiger partial charge in [-0.15, -0.1) is 0 Å². The fraction of sp³-hybridized carbons (Fsp3) is 0.185. The van der Waals surface area contributed by atoms with E-state index in [1.54, 1.807) is 41.7 Å². The van der Waals surface area contributed by atoms with Gasteiger partial charge in [0.15, 0.2) is 0 Å². The molecule has 1 aromatic carbocycles. The van der Waals surface area contributed by atoms with Gasteiger partial charge in [0.1, 0.15) is 17.4 Å². The number of fused-ring (bicyclic) bond motifs is 1. The second-order valence-corrected chi connectivity index (χ2v) is 8.52. The first kappa shape index (κ1) is 23.2. The van der Waals surface area contributed by atoms with Crippen molar-refractivity contribution in [3.63, 3.8) is 0 Å². The molecule has 1 unspecified atom stereocenters. The Morgan fingerprint density at radius 2 is 2.06 bits per heavy atom. The lowest BCUT2D eigenvalue weighted by molar-refractivity contribution is -0.125. The molecule has 2 amide bonds. The van der Waals surface area contributed by atoms with E-state index < -0.39 is 11.7 Å². The van der Waals surface area contributed by atoms with Crippen LogP contribution >= 0.6 is 0 Å². The van der Waals surface area contributed by atoms with E-state index >= 15 is 4.39 Å². The summed E-state index contributed by atoms with van der Waals surface area (Å²) in [7, 11) is 1.52. The molecule has 1 N–H and O–H groups in total. The summed E-state index contributed by atoms with van der Waals surface area (Å²) in [6.45, 7) is 4.80. The van der Waals surface area contributed by atoms with Gasteiger partial charge in [0, 0.05) is 48.6 Å². The highest BCUT2D eigenvalue weighted by Crippen LogP contribution is 2.36. The van der Waals surface area contributed by atoms with Gasteiger partial charge in [-0.1, -0.05) is 6.58 Å². The van der Waals surface area contributed by atoms with Crippen LogP contribution in [0.3, 0.4) is 0 Å². The van der Waals surface area contributed by atoms with Gasteiger partial charge in [0.05, 0.1) is 24.6 Å². The summed E-state index contributed by atoms with van der Waals surface area (Å²) in [5.41, 5.74) is 3.06. The molecule has 8 nitrogen and oxygen atoms in total. The minimum absolute atomic E-state index is 0.0908. The second-order valence-electron chi connectivity index (χ2n) is 8.52. The highest BCUT2D eigenvalue weighted by Gasteiger charge is 2.29. The smallest absolute Gasteiger partial charge is 0.256 e. The van der Waals surface area contributed by atoms with E-state index in [0.717, 1.165) is 17.5 Å². The number of methoxy groups -OCH3 is 1. The molecular weight excluding hydrogens is 461 g/mol. The van der Waals surface area contributed by atoms with E-state index in [4.69, 9.17) is 4.74 Å². The van der Waals surface area contributed by atoms with E-state index in [1.165, 1.54) is 25.4 Å². The van der Waals surface area contributed by atoms with Crippen LogP contribution < -0.4 is 10.1 Å². The van der Waals surface area contributed by atoms with Crippen molar-refractivity contribution < 1.29 is 18.7 Å². The zero-order valence-corrected chi connectivity index (χ0v) is 19.6. The number of hydrogen-bond acceptors (Lipinski definition) is 5. The number of anilines is 1. The predicted octanol–water partition coefficient (Wildman–Crippen LogP) is 4.30. The highest BCUT2D eigenvalue weighted by atomic mass is 19.1. The molecule has 1 fully saturated rings. The number of benzene rings is 1. The monoisotopic (exact) mass is 485 g/mol. The summed E-state index contributed by atoms with van der Waals surface area (Å²) in [4.78, 5) is 34.8. The Hall–Kier alpha value is -4.53. The molecule has 5 rings (SSSR count). The van der Waals surface area contributed by atoms with Crippen LogP contribution in [0.2, 0.25) is 0 Å². The zero-order chi connectivity index (χ0) is 25.2. The first-order chi connectivity index (χ1) is 17.5. The fourth-order valence-corrected chi connectivity index (χ4v) is 4.62. The number of carbonyl (C=O) groups is 2. The van der Waals surface area contributed by atoms with E-state index in [1.807, 2.05) is 16.5 Å². The van der Waals surface area contributed by atoms with Crippen LogP contribution in [-0.2, 0) is 4.79 Å². The van der Waals surface area contributed by atoms with Crippen LogP contribution in [0.15, 0.2) is 73.8 Å². The van der Waals surface area contributed by atoms with Gasteiger partial charge >= 0.3 is 0 Å². The van der Waals surface area contributed by atoms with Crippen molar-refractivity contribution in [1.29, 1.82) is 0 Å². The molecule has 1 aliphatic rings. The molecular formula is C27H24FN5O3. The van der Waals surface area contributed by atoms with Gasteiger partial charge in [-0.3, -0.25) is 14.0 Å². The first-order valence-corrected chi connectivity index (χ1v) is 11.5. The molecule has 36 heavy (non-hydrogen) atoms. The highest BCUT2D eigenvalue weighted by molar-refractivity contribution is 6.04. The topological polar surface area (TPSA) is 88.8 Å². The van der Waals surface area contributed by atoms with Crippen molar-refractivity contribution in [2.75, 3.05) is 25.5 Å². The van der Waals surface area contributed by atoms with E-state index in [-0.39, 0.29) is 17.4 Å². The lowest BCUT2D eigenvalue weighted by Crippen LogP contribution is -2.26. The third-order valence-electron chi connectivity index (χ3n) is 6.44. The third-order valence-corrected chi connectivity index (χ3v) is 6.44. The lowest BCUT2D eigenvalue weighted by Gasteiger charge is -2.13. The van der Waals surface area contributed by atoms with E-state index in [9.17, 15) is 9.59 Å². The van der Waals surface area contributed by atoms with Gasteiger partial charge in [0.25, 0.3) is 5.91 Å². The lowest BCUT2D eigenvalue weighted by atomic mass is 9.98. The Morgan fingerprint density at radius 3 is 2.83 bits per heavy atom. The molecule has 0 spiro atoms. The molecule has 9 heteroatoms. The summed E-state index contributed by atoms with van der Waals surface area (Å²) in [5, 5.41) is 2.66.